The number of fused-ring (bicyclic) bond motifs is 1. The van der Waals surface area contributed by atoms with Gasteiger partial charge in [0.1, 0.15) is 5.82 Å². The highest BCUT2D eigenvalue weighted by Crippen LogP contribution is 2.39. The second kappa shape index (κ2) is 7.59. The number of nitrogens with zero attached hydrogens (tertiary/aromatic N) is 2. The summed E-state index contributed by atoms with van der Waals surface area (Å²) in [7, 11) is 0. The van der Waals surface area contributed by atoms with Gasteiger partial charge in [-0.1, -0.05) is 12.1 Å². The van der Waals surface area contributed by atoms with Crippen LogP contribution in [0, 0.1) is 29.1 Å². The van der Waals surface area contributed by atoms with E-state index in [-0.39, 0.29) is 29.6 Å². The summed E-state index contributed by atoms with van der Waals surface area (Å²) in [5.74, 6) is -8.68. The molecule has 0 saturated carbocycles. The Morgan fingerprint density at radius 2 is 1.69 bits per heavy atom. The number of rotatable bonds is 3. The number of hydrogen-bond donors (Lipinski definition) is 0. The lowest BCUT2D eigenvalue weighted by atomic mass is 9.82. The summed E-state index contributed by atoms with van der Waals surface area (Å²) in [5.41, 5.74) is 1.61. The lowest BCUT2D eigenvalue weighted by molar-refractivity contribution is 0.353. The van der Waals surface area contributed by atoms with E-state index >= 15 is 0 Å². The van der Waals surface area contributed by atoms with Gasteiger partial charge in [-0.2, -0.15) is 13.8 Å². The van der Waals surface area contributed by atoms with E-state index in [0.717, 1.165) is 5.56 Å². The van der Waals surface area contributed by atoms with Gasteiger partial charge in [-0.25, -0.2) is 18.2 Å². The monoisotopic (exact) mass is 426 g/mol. The minimum Gasteiger partial charge on any atom is -0.432 e. The average Bonchev–Trinajstić information content (AvgIpc) is 2.69. The standard InChI is InChI=1S/C20H12ClF5N2O/c21-20-27-15-5-4-10(9-2-1-3-11(22)6-9)7-12(15)19(28-20)29-18-16(25)13(23)8-14(24)17(18)26/h1-3,6,8,10H,4-5,7H2/t10-/m1/s1. The van der Waals surface area contributed by atoms with Gasteiger partial charge in [-0.15, -0.1) is 0 Å². The number of aromatic nitrogens is 2. The first kappa shape index (κ1) is 19.6. The molecule has 3 aromatic rings. The lowest BCUT2D eigenvalue weighted by Crippen LogP contribution is -2.17. The SMILES string of the molecule is Fc1cccc([C@@H]2CCc3nc(Cl)nc(Oc4c(F)c(F)cc(F)c4F)c3C2)c1. The molecule has 0 spiro atoms. The maximum absolute atomic E-state index is 14.0. The number of halogens is 6. The van der Waals surface area contributed by atoms with Gasteiger partial charge in [0.15, 0.2) is 11.6 Å². The lowest BCUT2D eigenvalue weighted by Gasteiger charge is -2.25. The number of benzene rings is 2. The molecule has 0 radical (unpaired) electrons. The topological polar surface area (TPSA) is 35.0 Å². The predicted molar refractivity (Wildman–Crippen MR) is 94.6 cm³/mol. The third kappa shape index (κ3) is 3.76. The fourth-order valence-corrected chi connectivity index (χ4v) is 3.60. The highest BCUT2D eigenvalue weighted by Gasteiger charge is 2.29. The highest BCUT2D eigenvalue weighted by atomic mass is 35.5. The van der Waals surface area contributed by atoms with E-state index < -0.39 is 34.8 Å². The molecule has 3 nitrogen and oxygen atoms in total. The Bertz CT molecular complexity index is 1080. The Morgan fingerprint density at radius 3 is 2.38 bits per heavy atom. The second-order valence-corrected chi connectivity index (χ2v) is 6.96. The summed E-state index contributed by atoms with van der Waals surface area (Å²) in [4.78, 5) is 7.95. The molecular formula is C20H12ClF5N2O. The van der Waals surface area contributed by atoms with Crippen LogP contribution in [0.3, 0.4) is 0 Å². The van der Waals surface area contributed by atoms with Crippen molar-refractivity contribution in [1.29, 1.82) is 0 Å². The fourth-order valence-electron chi connectivity index (χ4n) is 3.42. The normalized spacial score (nSPS) is 15.9. The first-order chi connectivity index (χ1) is 13.8. The molecule has 1 aromatic heterocycles. The van der Waals surface area contributed by atoms with Crippen LogP contribution >= 0.6 is 11.6 Å². The van der Waals surface area contributed by atoms with Gasteiger partial charge in [-0.05, 0) is 54.5 Å². The molecule has 0 amide bonds. The van der Waals surface area contributed by atoms with Crippen LogP contribution in [0.25, 0.3) is 0 Å². The Kier molecular flexibility index (Phi) is 5.12. The summed E-state index contributed by atoms with van der Waals surface area (Å²) >= 11 is 5.88. The Hall–Kier alpha value is -2.74. The van der Waals surface area contributed by atoms with Gasteiger partial charge in [0.25, 0.3) is 0 Å². The van der Waals surface area contributed by atoms with E-state index in [0.29, 0.717) is 24.1 Å². The zero-order valence-corrected chi connectivity index (χ0v) is 15.4. The Balaban J connectivity index is 1.75. The Labute approximate surface area is 167 Å². The van der Waals surface area contributed by atoms with E-state index in [1.165, 1.54) is 12.1 Å². The van der Waals surface area contributed by atoms with Crippen LogP contribution in [0.4, 0.5) is 22.0 Å². The van der Waals surface area contributed by atoms with Gasteiger partial charge in [0.2, 0.25) is 28.5 Å². The molecule has 0 aliphatic heterocycles. The van der Waals surface area contributed by atoms with Crippen LogP contribution in [-0.2, 0) is 12.8 Å². The average molecular weight is 427 g/mol. The molecule has 1 atom stereocenters. The van der Waals surface area contributed by atoms with Crippen LogP contribution in [0.2, 0.25) is 5.28 Å². The van der Waals surface area contributed by atoms with Crippen molar-refractivity contribution in [3.63, 3.8) is 0 Å². The van der Waals surface area contributed by atoms with Crippen molar-refractivity contribution in [2.24, 2.45) is 0 Å². The smallest absolute Gasteiger partial charge is 0.227 e. The van der Waals surface area contributed by atoms with Crippen molar-refractivity contribution in [2.45, 2.75) is 25.2 Å². The quantitative estimate of drug-likeness (QED) is 0.297. The van der Waals surface area contributed by atoms with Crippen molar-refractivity contribution in [2.75, 3.05) is 0 Å². The first-order valence-corrected chi connectivity index (χ1v) is 9.03. The molecule has 0 bridgehead atoms. The third-order valence-corrected chi connectivity index (χ3v) is 4.97. The molecule has 0 saturated heterocycles. The van der Waals surface area contributed by atoms with Gasteiger partial charge in [0.05, 0.1) is 5.69 Å². The summed E-state index contributed by atoms with van der Waals surface area (Å²) in [6.45, 7) is 0. The number of ether oxygens (including phenoxy) is 1. The zero-order valence-electron chi connectivity index (χ0n) is 14.7. The molecule has 0 N–H and O–H groups in total. The Morgan fingerprint density at radius 1 is 0.966 bits per heavy atom. The second-order valence-electron chi connectivity index (χ2n) is 6.62. The van der Waals surface area contributed by atoms with E-state index in [1.807, 2.05) is 0 Å². The summed E-state index contributed by atoms with van der Waals surface area (Å²) < 4.78 is 73.8. The zero-order chi connectivity index (χ0) is 20.7. The van der Waals surface area contributed by atoms with E-state index in [9.17, 15) is 22.0 Å². The van der Waals surface area contributed by atoms with Crippen LogP contribution in [0.5, 0.6) is 11.6 Å². The minimum absolute atomic E-state index is 0.0833. The van der Waals surface area contributed by atoms with Gasteiger partial charge in [0, 0.05) is 11.6 Å². The highest BCUT2D eigenvalue weighted by molar-refractivity contribution is 6.28. The van der Waals surface area contributed by atoms with Crippen LogP contribution < -0.4 is 4.74 Å². The van der Waals surface area contributed by atoms with E-state index in [1.54, 1.807) is 12.1 Å². The van der Waals surface area contributed by atoms with Gasteiger partial charge in [-0.3, -0.25) is 0 Å². The van der Waals surface area contributed by atoms with Crippen molar-refractivity contribution in [3.05, 3.63) is 81.5 Å². The molecule has 4 rings (SSSR count). The van der Waals surface area contributed by atoms with Crippen molar-refractivity contribution in [1.82, 2.24) is 9.97 Å². The fraction of sp³-hybridized carbons (Fsp3) is 0.200. The molecule has 29 heavy (non-hydrogen) atoms. The molecule has 0 unspecified atom stereocenters. The minimum atomic E-state index is -1.69. The molecule has 0 fully saturated rings. The molecular weight excluding hydrogens is 415 g/mol. The molecule has 150 valence electrons. The predicted octanol–water partition coefficient (Wildman–Crippen LogP) is 5.89. The molecule has 1 aliphatic carbocycles. The summed E-state index contributed by atoms with van der Waals surface area (Å²) in [5, 5.41) is -0.236. The summed E-state index contributed by atoms with van der Waals surface area (Å²) in [6, 6.07) is 6.14. The summed E-state index contributed by atoms with van der Waals surface area (Å²) in [6.07, 6.45) is 1.32. The molecule has 9 heteroatoms. The molecule has 1 heterocycles. The maximum Gasteiger partial charge on any atom is 0.227 e. The van der Waals surface area contributed by atoms with Crippen molar-refractivity contribution >= 4 is 11.6 Å². The largest absolute Gasteiger partial charge is 0.432 e. The van der Waals surface area contributed by atoms with Crippen molar-refractivity contribution in [3.8, 4) is 11.6 Å². The van der Waals surface area contributed by atoms with E-state index in [4.69, 9.17) is 16.3 Å². The maximum atomic E-state index is 14.0. The number of hydrogen-bond acceptors (Lipinski definition) is 3. The van der Waals surface area contributed by atoms with Gasteiger partial charge < -0.3 is 4.74 Å². The van der Waals surface area contributed by atoms with Crippen LogP contribution in [0.15, 0.2) is 30.3 Å². The molecule has 1 aliphatic rings. The van der Waals surface area contributed by atoms with Gasteiger partial charge >= 0.3 is 0 Å². The third-order valence-electron chi connectivity index (χ3n) is 4.80. The number of aryl methyl sites for hydroxylation is 1. The van der Waals surface area contributed by atoms with Crippen LogP contribution in [-0.4, -0.2) is 9.97 Å². The van der Waals surface area contributed by atoms with E-state index in [2.05, 4.69) is 9.97 Å². The van der Waals surface area contributed by atoms with Crippen molar-refractivity contribution < 1.29 is 26.7 Å². The van der Waals surface area contributed by atoms with Crippen LogP contribution in [0.1, 0.15) is 29.2 Å². The molecule has 2 aromatic carbocycles. The first-order valence-electron chi connectivity index (χ1n) is 8.65.